The van der Waals surface area contributed by atoms with Gasteiger partial charge in [0.15, 0.2) is 0 Å². The molecule has 0 aliphatic carbocycles. The molecule has 2 aromatic rings. The van der Waals surface area contributed by atoms with Gasteiger partial charge in [0.25, 0.3) is 10.0 Å². The Balaban J connectivity index is 2.36. The third-order valence-electron chi connectivity index (χ3n) is 2.50. The van der Waals surface area contributed by atoms with Crippen molar-refractivity contribution in [3.05, 3.63) is 51.2 Å². The Morgan fingerprint density at radius 1 is 1.19 bits per heavy atom. The number of nitrogens with two attached hydrogens (primary N) is 1. The van der Waals surface area contributed by atoms with Crippen LogP contribution in [0.2, 0.25) is 0 Å². The number of hydrogen-bond donors (Lipinski definition) is 2. The van der Waals surface area contributed by atoms with E-state index < -0.39 is 10.0 Å². The van der Waals surface area contributed by atoms with Crippen molar-refractivity contribution in [2.45, 2.75) is 4.90 Å². The molecule has 110 valence electrons. The monoisotopic (exact) mass is 449 g/mol. The minimum absolute atomic E-state index is 0.0187. The van der Waals surface area contributed by atoms with E-state index in [0.717, 1.165) is 0 Å². The van der Waals surface area contributed by atoms with E-state index in [9.17, 15) is 8.42 Å². The van der Waals surface area contributed by atoms with Gasteiger partial charge in [-0.2, -0.15) is 0 Å². The van der Waals surface area contributed by atoms with Gasteiger partial charge in [0, 0.05) is 15.1 Å². The first-order valence-electron chi connectivity index (χ1n) is 5.54. The van der Waals surface area contributed by atoms with Crippen LogP contribution in [0.3, 0.4) is 0 Å². The van der Waals surface area contributed by atoms with Gasteiger partial charge in [-0.15, -0.1) is 0 Å². The van der Waals surface area contributed by atoms with E-state index in [1.807, 2.05) is 0 Å². The zero-order valence-electron chi connectivity index (χ0n) is 10.4. The van der Waals surface area contributed by atoms with Crippen LogP contribution in [0.5, 0.6) is 0 Å². The first-order valence-corrected chi connectivity index (χ1v) is 9.01. The molecular weight excluding hydrogens is 442 g/mol. The highest BCUT2D eigenvalue weighted by Crippen LogP contribution is 2.32. The van der Waals surface area contributed by atoms with Gasteiger partial charge in [-0.25, -0.2) is 8.42 Å². The summed E-state index contributed by atoms with van der Waals surface area (Å²) in [7, 11) is -3.76. The zero-order valence-corrected chi connectivity index (χ0v) is 15.2. The highest BCUT2D eigenvalue weighted by Gasteiger charge is 2.18. The zero-order chi connectivity index (χ0) is 15.6. The molecule has 9 heteroatoms. The van der Waals surface area contributed by atoms with Crippen molar-refractivity contribution < 1.29 is 8.42 Å². The van der Waals surface area contributed by atoms with Gasteiger partial charge < -0.3 is 5.73 Å². The molecule has 21 heavy (non-hydrogen) atoms. The summed E-state index contributed by atoms with van der Waals surface area (Å²) >= 11 is 11.4. The van der Waals surface area contributed by atoms with Crippen LogP contribution in [-0.2, 0) is 10.0 Å². The molecule has 0 unspecified atom stereocenters. The average Bonchev–Trinajstić information content (AvgIpc) is 2.43. The summed E-state index contributed by atoms with van der Waals surface area (Å²) in [5.74, 6) is 0. The highest BCUT2D eigenvalue weighted by molar-refractivity contribution is 9.11. The number of thiocarbonyl (C=S) groups is 1. The first kappa shape index (κ1) is 16.3. The predicted molar refractivity (Wildman–Crippen MR) is 92.8 cm³/mol. The summed E-state index contributed by atoms with van der Waals surface area (Å²) in [6, 6.07) is 8.11. The minimum Gasteiger partial charge on any atom is -0.388 e. The van der Waals surface area contributed by atoms with Crippen LogP contribution in [0, 0.1) is 0 Å². The number of aromatic nitrogens is 1. The summed E-state index contributed by atoms with van der Waals surface area (Å²) < 4.78 is 28.4. The van der Waals surface area contributed by atoms with Gasteiger partial charge in [0.2, 0.25) is 0 Å². The van der Waals surface area contributed by atoms with Gasteiger partial charge in [-0.3, -0.25) is 9.71 Å². The standard InChI is InChI=1S/C12H9Br2N3O2S2/c13-8-2-1-3-9(14)11(8)17-21(18,19)7-4-5-10(12(15)20)16-6-7/h1-6,17H,(H2,15,20). The van der Waals surface area contributed by atoms with Gasteiger partial charge >= 0.3 is 0 Å². The van der Waals surface area contributed by atoms with Crippen LogP contribution in [0.25, 0.3) is 0 Å². The SMILES string of the molecule is NC(=S)c1ccc(S(=O)(=O)Nc2c(Br)cccc2Br)cn1. The summed E-state index contributed by atoms with van der Waals surface area (Å²) in [6.07, 6.45) is 1.21. The number of hydrogen-bond acceptors (Lipinski definition) is 4. The van der Waals surface area contributed by atoms with Crippen molar-refractivity contribution in [2.24, 2.45) is 5.73 Å². The number of rotatable bonds is 4. The number of sulfonamides is 1. The van der Waals surface area contributed by atoms with Crippen LogP contribution in [0.4, 0.5) is 5.69 Å². The number of benzene rings is 1. The maximum absolute atomic E-state index is 12.3. The quantitative estimate of drug-likeness (QED) is 0.699. The Labute approximate surface area is 144 Å². The lowest BCUT2D eigenvalue weighted by Gasteiger charge is -2.11. The average molecular weight is 451 g/mol. The van der Waals surface area contributed by atoms with E-state index >= 15 is 0 Å². The minimum atomic E-state index is -3.76. The van der Waals surface area contributed by atoms with Gasteiger partial charge in [0.1, 0.15) is 9.88 Å². The Bertz CT molecular complexity index is 772. The number of anilines is 1. The summed E-state index contributed by atoms with van der Waals surface area (Å²) in [5, 5.41) is 0. The molecule has 0 atom stereocenters. The van der Waals surface area contributed by atoms with Crippen molar-refractivity contribution in [3.8, 4) is 0 Å². The predicted octanol–water partition coefficient (Wildman–Crippen LogP) is 3.04. The number of nitrogens with one attached hydrogen (secondary N) is 1. The maximum atomic E-state index is 12.3. The Kier molecular flexibility index (Phi) is 4.97. The highest BCUT2D eigenvalue weighted by atomic mass is 79.9. The van der Waals surface area contributed by atoms with E-state index in [0.29, 0.717) is 20.3 Å². The van der Waals surface area contributed by atoms with E-state index in [1.165, 1.54) is 18.3 Å². The molecule has 5 nitrogen and oxygen atoms in total. The van der Waals surface area contributed by atoms with Crippen LogP contribution in [0.15, 0.2) is 50.4 Å². The normalized spacial score (nSPS) is 11.1. The molecule has 1 aromatic heterocycles. The first-order chi connectivity index (χ1) is 9.81. The third-order valence-corrected chi connectivity index (χ3v) is 5.36. The van der Waals surface area contributed by atoms with Crippen molar-refractivity contribution in [1.29, 1.82) is 0 Å². The van der Waals surface area contributed by atoms with E-state index in [1.54, 1.807) is 18.2 Å². The molecule has 0 saturated carbocycles. The molecule has 0 fully saturated rings. The number of pyridine rings is 1. The summed E-state index contributed by atoms with van der Waals surface area (Å²) in [5.41, 5.74) is 6.21. The third kappa shape index (κ3) is 3.79. The second-order valence-corrected chi connectivity index (χ2v) is 7.78. The molecule has 1 heterocycles. The fraction of sp³-hybridized carbons (Fsp3) is 0. The van der Waals surface area contributed by atoms with Crippen LogP contribution in [0.1, 0.15) is 5.69 Å². The van der Waals surface area contributed by atoms with Crippen molar-refractivity contribution in [2.75, 3.05) is 4.72 Å². The smallest absolute Gasteiger partial charge is 0.263 e. The number of halogens is 2. The lowest BCUT2D eigenvalue weighted by molar-refractivity contribution is 0.600. The van der Waals surface area contributed by atoms with Crippen molar-refractivity contribution in [1.82, 2.24) is 4.98 Å². The summed E-state index contributed by atoms with van der Waals surface area (Å²) in [6.45, 7) is 0. The van der Waals surface area contributed by atoms with Crippen LogP contribution in [-0.4, -0.2) is 18.4 Å². The largest absolute Gasteiger partial charge is 0.388 e. The molecule has 0 radical (unpaired) electrons. The molecule has 2 rings (SSSR count). The van der Waals surface area contributed by atoms with E-state index in [4.69, 9.17) is 18.0 Å². The van der Waals surface area contributed by atoms with Crippen LogP contribution < -0.4 is 10.5 Å². The molecule has 1 aromatic carbocycles. The van der Waals surface area contributed by atoms with Crippen LogP contribution >= 0.6 is 44.1 Å². The van der Waals surface area contributed by atoms with Gasteiger partial charge in [-0.05, 0) is 56.1 Å². The molecule has 0 saturated heterocycles. The molecule has 0 amide bonds. The molecule has 0 aliphatic rings. The Morgan fingerprint density at radius 3 is 2.29 bits per heavy atom. The molecular formula is C12H9Br2N3O2S2. The second kappa shape index (κ2) is 6.39. The molecule has 3 N–H and O–H groups in total. The lowest BCUT2D eigenvalue weighted by atomic mass is 10.3. The van der Waals surface area contributed by atoms with E-state index in [2.05, 4.69) is 41.6 Å². The Hall–Kier alpha value is -1.03. The fourth-order valence-electron chi connectivity index (χ4n) is 1.47. The second-order valence-electron chi connectivity index (χ2n) is 3.95. The number of para-hydroxylation sites is 1. The molecule has 0 aliphatic heterocycles. The Morgan fingerprint density at radius 2 is 1.81 bits per heavy atom. The van der Waals surface area contributed by atoms with Gasteiger partial charge in [-0.1, -0.05) is 18.3 Å². The van der Waals surface area contributed by atoms with Crippen molar-refractivity contribution in [3.63, 3.8) is 0 Å². The maximum Gasteiger partial charge on any atom is 0.263 e. The number of nitrogens with zero attached hydrogens (tertiary/aromatic N) is 1. The van der Waals surface area contributed by atoms with Crippen molar-refractivity contribution >= 4 is 64.8 Å². The summed E-state index contributed by atoms with van der Waals surface area (Å²) in [4.78, 5) is 4.05. The molecule has 0 spiro atoms. The lowest BCUT2D eigenvalue weighted by Crippen LogP contribution is -2.16. The molecule has 0 bridgehead atoms. The topological polar surface area (TPSA) is 85.1 Å². The van der Waals surface area contributed by atoms with Gasteiger partial charge in [0.05, 0.1) is 11.4 Å². The fourth-order valence-corrected chi connectivity index (χ4v) is 4.10. The van der Waals surface area contributed by atoms with E-state index in [-0.39, 0.29) is 9.88 Å².